The van der Waals surface area contributed by atoms with Gasteiger partial charge in [0.1, 0.15) is 0 Å². The van der Waals surface area contributed by atoms with Gasteiger partial charge in [0.05, 0.1) is 10.6 Å². The summed E-state index contributed by atoms with van der Waals surface area (Å²) in [4.78, 5) is 0. The Morgan fingerprint density at radius 1 is 0.929 bits per heavy atom. The molecule has 3 aromatic carbocycles. The summed E-state index contributed by atoms with van der Waals surface area (Å²) < 4.78 is 1.90. The van der Waals surface area contributed by atoms with Crippen molar-refractivity contribution in [3.8, 4) is 16.3 Å². The molecule has 142 valence electrons. The van der Waals surface area contributed by atoms with Gasteiger partial charge in [0.25, 0.3) is 5.13 Å². The van der Waals surface area contributed by atoms with Gasteiger partial charge in [-0.25, -0.2) is 0 Å². The predicted octanol–water partition coefficient (Wildman–Crippen LogP) is 3.45. The number of aromatic nitrogens is 2. The van der Waals surface area contributed by atoms with Gasteiger partial charge in [0, 0.05) is 27.9 Å². The zero-order valence-corrected chi connectivity index (χ0v) is 17.9. The van der Waals surface area contributed by atoms with E-state index in [4.69, 9.17) is 28.3 Å². The highest BCUT2D eigenvalue weighted by Gasteiger charge is 2.26. The van der Waals surface area contributed by atoms with Crippen molar-refractivity contribution < 1.29 is 17.1 Å². The van der Waals surface area contributed by atoms with Crippen LogP contribution in [0.1, 0.15) is 5.56 Å². The highest BCUT2D eigenvalue weighted by atomic mass is 35.5. The quantitative estimate of drug-likeness (QED) is 0.485. The van der Waals surface area contributed by atoms with Crippen LogP contribution in [-0.2, 0) is 0 Å². The molecule has 4 rings (SSSR count). The molecule has 0 bridgehead atoms. The summed E-state index contributed by atoms with van der Waals surface area (Å²) in [5.41, 5.74) is 4.06. The van der Waals surface area contributed by atoms with Crippen LogP contribution in [0.5, 0.6) is 0 Å². The third-order valence-corrected chi connectivity index (χ3v) is 5.55. The summed E-state index contributed by atoms with van der Waals surface area (Å²) in [7, 11) is 0. The lowest BCUT2D eigenvalue weighted by Crippen LogP contribution is -3.00. The van der Waals surface area contributed by atoms with E-state index in [1.54, 1.807) is 6.07 Å². The summed E-state index contributed by atoms with van der Waals surface area (Å²) >= 11 is 14.1. The molecular formula is C21H16Cl3N3S. The van der Waals surface area contributed by atoms with E-state index in [1.165, 1.54) is 16.9 Å². The highest BCUT2D eigenvalue weighted by Crippen LogP contribution is 2.34. The number of halogens is 3. The minimum Gasteiger partial charge on any atom is -1.00 e. The molecule has 4 aromatic rings. The molecule has 0 fully saturated rings. The maximum Gasteiger partial charge on any atom is 0.306 e. The van der Waals surface area contributed by atoms with Crippen molar-refractivity contribution in [2.45, 2.75) is 6.92 Å². The first-order valence-electron chi connectivity index (χ1n) is 8.38. The van der Waals surface area contributed by atoms with Crippen LogP contribution in [0.3, 0.4) is 0 Å². The molecule has 1 N–H and O–H groups in total. The Morgan fingerprint density at radius 2 is 1.64 bits per heavy atom. The number of hydrogen-bond acceptors (Lipinski definition) is 3. The van der Waals surface area contributed by atoms with Gasteiger partial charge in [-0.05, 0) is 53.3 Å². The van der Waals surface area contributed by atoms with Crippen molar-refractivity contribution in [2.75, 3.05) is 5.32 Å². The van der Waals surface area contributed by atoms with Gasteiger partial charge in [-0.3, -0.25) is 0 Å². The molecular weight excluding hydrogens is 433 g/mol. The predicted molar refractivity (Wildman–Crippen MR) is 114 cm³/mol. The molecule has 28 heavy (non-hydrogen) atoms. The van der Waals surface area contributed by atoms with Gasteiger partial charge < -0.3 is 17.7 Å². The van der Waals surface area contributed by atoms with Crippen LogP contribution in [0.15, 0.2) is 72.8 Å². The summed E-state index contributed by atoms with van der Waals surface area (Å²) in [5.74, 6) is 0. The Hall–Kier alpha value is -2.11. The molecule has 0 radical (unpaired) electrons. The van der Waals surface area contributed by atoms with Crippen LogP contribution in [-0.4, -0.2) is 5.10 Å². The van der Waals surface area contributed by atoms with Gasteiger partial charge in [0.15, 0.2) is 0 Å². The van der Waals surface area contributed by atoms with Crippen molar-refractivity contribution in [2.24, 2.45) is 0 Å². The van der Waals surface area contributed by atoms with Gasteiger partial charge in [0.2, 0.25) is 5.69 Å². The third-order valence-electron chi connectivity index (χ3n) is 4.04. The smallest absolute Gasteiger partial charge is 0.306 e. The normalized spacial score (nSPS) is 10.4. The number of anilines is 2. The molecule has 0 aliphatic rings. The van der Waals surface area contributed by atoms with E-state index in [-0.39, 0.29) is 12.4 Å². The minimum absolute atomic E-state index is 0. The lowest BCUT2D eigenvalue weighted by atomic mass is 10.2. The molecule has 1 heterocycles. The van der Waals surface area contributed by atoms with Crippen LogP contribution in [0.4, 0.5) is 10.8 Å². The van der Waals surface area contributed by atoms with Crippen LogP contribution >= 0.6 is 34.5 Å². The number of aryl methyl sites for hydroxylation is 1. The summed E-state index contributed by atoms with van der Waals surface area (Å²) in [6.07, 6.45) is 0. The number of para-hydroxylation sites is 1. The molecule has 0 saturated carbocycles. The SMILES string of the molecule is Cc1ccc(Nc2n[n+](-c3ccccc3)c(-c3ccc(Cl)cc3Cl)s2)cc1.[Cl-]. The van der Waals surface area contributed by atoms with Gasteiger partial charge >= 0.3 is 5.01 Å². The monoisotopic (exact) mass is 447 g/mol. The molecule has 0 unspecified atom stereocenters. The molecule has 0 atom stereocenters. The number of benzene rings is 3. The Morgan fingerprint density at radius 3 is 2.32 bits per heavy atom. The second kappa shape index (κ2) is 8.93. The minimum atomic E-state index is 0. The molecule has 3 nitrogen and oxygen atoms in total. The zero-order valence-electron chi connectivity index (χ0n) is 14.9. The van der Waals surface area contributed by atoms with Gasteiger partial charge in [-0.1, -0.05) is 59.1 Å². The van der Waals surface area contributed by atoms with E-state index < -0.39 is 0 Å². The lowest BCUT2D eigenvalue weighted by molar-refractivity contribution is -0.642. The molecule has 0 amide bonds. The molecule has 7 heteroatoms. The maximum absolute atomic E-state index is 6.47. The molecule has 0 saturated heterocycles. The first kappa shape index (κ1) is 20.6. The number of rotatable bonds is 4. The highest BCUT2D eigenvalue weighted by molar-refractivity contribution is 7.18. The Labute approximate surface area is 184 Å². The zero-order chi connectivity index (χ0) is 18.8. The largest absolute Gasteiger partial charge is 1.00 e. The van der Waals surface area contributed by atoms with Gasteiger partial charge in [-0.2, -0.15) is 0 Å². The first-order chi connectivity index (χ1) is 13.1. The van der Waals surface area contributed by atoms with E-state index in [0.717, 1.165) is 27.1 Å². The summed E-state index contributed by atoms with van der Waals surface area (Å²) in [6.45, 7) is 2.07. The van der Waals surface area contributed by atoms with Crippen molar-refractivity contribution in [3.05, 3.63) is 88.4 Å². The summed E-state index contributed by atoms with van der Waals surface area (Å²) in [6, 6.07) is 23.7. The molecule has 0 aliphatic heterocycles. The Kier molecular flexibility index (Phi) is 6.57. The second-order valence-corrected chi connectivity index (χ2v) is 7.90. The van der Waals surface area contributed by atoms with E-state index in [2.05, 4.69) is 24.4 Å². The first-order valence-corrected chi connectivity index (χ1v) is 9.95. The summed E-state index contributed by atoms with van der Waals surface area (Å²) in [5, 5.41) is 11.1. The van der Waals surface area contributed by atoms with Crippen molar-refractivity contribution in [1.82, 2.24) is 5.10 Å². The fourth-order valence-electron chi connectivity index (χ4n) is 2.68. The maximum atomic E-state index is 6.47. The van der Waals surface area contributed by atoms with Crippen LogP contribution in [0.25, 0.3) is 16.3 Å². The van der Waals surface area contributed by atoms with E-state index in [9.17, 15) is 0 Å². The third kappa shape index (κ3) is 4.47. The molecule has 1 aromatic heterocycles. The topological polar surface area (TPSA) is 28.8 Å². The average molecular weight is 449 g/mol. The van der Waals surface area contributed by atoms with Crippen LogP contribution in [0, 0.1) is 6.92 Å². The van der Waals surface area contributed by atoms with Crippen LogP contribution in [0.2, 0.25) is 10.0 Å². The molecule has 0 aliphatic carbocycles. The number of nitrogens with one attached hydrogen (secondary N) is 1. The fourth-order valence-corrected chi connectivity index (χ4v) is 4.23. The fraction of sp³-hybridized carbons (Fsp3) is 0.0476. The standard InChI is InChI=1S/C21H16Cl2N3S.ClH/c1-14-7-10-16(11-8-14)24-21-25-26(17-5-3-2-4-6-17)20(27-21)18-12-9-15(22)13-19(18)23;/h2-13H,1H3,(H,24,25);1H/q+1;/p-1. The van der Waals surface area contributed by atoms with Crippen LogP contribution < -0.4 is 22.4 Å². The number of nitrogens with zero attached hydrogens (tertiary/aromatic N) is 2. The van der Waals surface area contributed by atoms with Gasteiger partial charge in [-0.15, -0.1) is 0 Å². The van der Waals surface area contributed by atoms with E-state index >= 15 is 0 Å². The Balaban J connectivity index is 0.00000225. The van der Waals surface area contributed by atoms with Crippen molar-refractivity contribution in [3.63, 3.8) is 0 Å². The van der Waals surface area contributed by atoms with E-state index in [1.807, 2.05) is 59.3 Å². The Bertz CT molecular complexity index is 1080. The van der Waals surface area contributed by atoms with Crippen molar-refractivity contribution >= 4 is 45.4 Å². The number of hydrogen-bond donors (Lipinski definition) is 1. The second-order valence-electron chi connectivity index (χ2n) is 6.07. The molecule has 0 spiro atoms. The van der Waals surface area contributed by atoms with Crippen molar-refractivity contribution in [1.29, 1.82) is 0 Å². The average Bonchev–Trinajstić information content (AvgIpc) is 3.08. The van der Waals surface area contributed by atoms with E-state index in [0.29, 0.717) is 10.0 Å². The lowest BCUT2D eigenvalue weighted by Gasteiger charge is -2.00.